The first-order chi connectivity index (χ1) is 14.0. The molecular formula is C21H20F2N4O2. The molecule has 150 valence electrons. The van der Waals surface area contributed by atoms with Gasteiger partial charge >= 0.3 is 0 Å². The number of ether oxygens (including phenoxy) is 1. The van der Waals surface area contributed by atoms with Gasteiger partial charge in [0.05, 0.1) is 5.52 Å². The summed E-state index contributed by atoms with van der Waals surface area (Å²) >= 11 is 0. The topological polar surface area (TPSA) is 67.4 Å². The zero-order valence-corrected chi connectivity index (χ0v) is 15.8. The third kappa shape index (κ3) is 4.32. The molecule has 0 unspecified atom stereocenters. The van der Waals surface area contributed by atoms with Gasteiger partial charge in [0.25, 0.3) is 12.3 Å². The summed E-state index contributed by atoms with van der Waals surface area (Å²) in [5.74, 6) is 0.650. The van der Waals surface area contributed by atoms with E-state index in [1.165, 1.54) is 12.1 Å². The number of hydrogen-bond acceptors (Lipinski definition) is 5. The van der Waals surface area contributed by atoms with E-state index in [4.69, 9.17) is 4.74 Å². The van der Waals surface area contributed by atoms with E-state index in [0.29, 0.717) is 30.0 Å². The van der Waals surface area contributed by atoms with Crippen LogP contribution in [0.1, 0.15) is 29.4 Å². The number of hydrogen-bond donors (Lipinski definition) is 1. The maximum Gasteiger partial charge on any atom is 0.272 e. The van der Waals surface area contributed by atoms with Crippen molar-refractivity contribution >= 4 is 16.8 Å². The lowest BCUT2D eigenvalue weighted by molar-refractivity contribution is 0.0703. The summed E-state index contributed by atoms with van der Waals surface area (Å²) in [6.07, 6.45) is -1.47. The van der Waals surface area contributed by atoms with Crippen LogP contribution in [-0.4, -0.2) is 46.5 Å². The minimum atomic E-state index is -2.57. The molecule has 1 aliphatic rings. The zero-order valence-electron chi connectivity index (χ0n) is 15.8. The van der Waals surface area contributed by atoms with Crippen molar-refractivity contribution in [2.75, 3.05) is 19.6 Å². The molecule has 2 aromatic heterocycles. The molecule has 0 saturated carbocycles. The summed E-state index contributed by atoms with van der Waals surface area (Å²) < 4.78 is 30.9. The van der Waals surface area contributed by atoms with Crippen molar-refractivity contribution in [2.24, 2.45) is 0 Å². The lowest BCUT2D eigenvalue weighted by Crippen LogP contribution is -2.51. The molecule has 0 aliphatic carbocycles. The Morgan fingerprint density at radius 2 is 2.10 bits per heavy atom. The van der Waals surface area contributed by atoms with Gasteiger partial charge in [0.15, 0.2) is 0 Å². The van der Waals surface area contributed by atoms with Gasteiger partial charge < -0.3 is 15.0 Å². The highest BCUT2D eigenvalue weighted by Gasteiger charge is 2.22. The van der Waals surface area contributed by atoms with E-state index in [1.807, 2.05) is 17.9 Å². The fourth-order valence-electron chi connectivity index (χ4n) is 3.27. The van der Waals surface area contributed by atoms with Crippen molar-refractivity contribution in [1.29, 1.82) is 0 Å². The Bertz CT molecular complexity index is 1030. The summed E-state index contributed by atoms with van der Waals surface area (Å²) in [5.41, 5.74) is 0.924. The maximum absolute atomic E-state index is 12.7. The highest BCUT2D eigenvalue weighted by molar-refractivity contribution is 5.95. The average molecular weight is 398 g/mol. The van der Waals surface area contributed by atoms with Crippen LogP contribution in [0.15, 0.2) is 48.7 Å². The number of piperazine rings is 1. The number of amides is 1. The number of carbonyl (C=O) groups is 1. The van der Waals surface area contributed by atoms with Gasteiger partial charge in [-0.1, -0.05) is 6.07 Å². The first-order valence-electron chi connectivity index (χ1n) is 9.35. The number of aromatic nitrogens is 2. The Morgan fingerprint density at radius 3 is 2.83 bits per heavy atom. The standard InChI is InChI=1S/C21H20F2N4O2/c1-13-12-27(9-8-24-13)21(28)18-5-2-14-10-16(4-6-17(14)26-18)29-19-7-3-15(11-25-19)20(22)23/h2-7,10-11,13,20,24H,8-9,12H2,1H3/t13-/m0/s1. The summed E-state index contributed by atoms with van der Waals surface area (Å²) in [7, 11) is 0. The van der Waals surface area contributed by atoms with E-state index in [-0.39, 0.29) is 23.4 Å². The third-order valence-electron chi connectivity index (χ3n) is 4.77. The second-order valence-corrected chi connectivity index (χ2v) is 6.99. The Morgan fingerprint density at radius 1 is 1.24 bits per heavy atom. The van der Waals surface area contributed by atoms with Gasteiger partial charge in [0.1, 0.15) is 11.4 Å². The average Bonchev–Trinajstić information content (AvgIpc) is 2.73. The molecule has 1 atom stereocenters. The predicted octanol–water partition coefficient (Wildman–Crippen LogP) is 3.79. The first-order valence-corrected chi connectivity index (χ1v) is 9.35. The third-order valence-corrected chi connectivity index (χ3v) is 4.77. The molecule has 4 rings (SSSR count). The molecule has 1 amide bonds. The van der Waals surface area contributed by atoms with E-state index in [2.05, 4.69) is 15.3 Å². The number of pyridine rings is 2. The van der Waals surface area contributed by atoms with Crippen molar-refractivity contribution in [2.45, 2.75) is 19.4 Å². The number of rotatable bonds is 4. The second kappa shape index (κ2) is 8.08. The first kappa shape index (κ1) is 19.2. The smallest absolute Gasteiger partial charge is 0.272 e. The van der Waals surface area contributed by atoms with Crippen LogP contribution in [0.25, 0.3) is 10.9 Å². The quantitative estimate of drug-likeness (QED) is 0.724. The van der Waals surface area contributed by atoms with Crippen molar-refractivity contribution in [3.63, 3.8) is 0 Å². The number of halogens is 2. The molecule has 29 heavy (non-hydrogen) atoms. The number of nitrogens with zero attached hydrogens (tertiary/aromatic N) is 3. The highest BCUT2D eigenvalue weighted by atomic mass is 19.3. The van der Waals surface area contributed by atoms with Crippen LogP contribution in [0.2, 0.25) is 0 Å². The van der Waals surface area contributed by atoms with Crippen LogP contribution in [0.5, 0.6) is 11.6 Å². The van der Waals surface area contributed by atoms with Gasteiger partial charge in [-0.05, 0) is 37.3 Å². The molecular weight excluding hydrogens is 378 g/mol. The summed E-state index contributed by atoms with van der Waals surface area (Å²) in [6.45, 7) is 4.13. The van der Waals surface area contributed by atoms with Gasteiger partial charge in [-0.15, -0.1) is 0 Å². The number of fused-ring (bicyclic) bond motifs is 1. The zero-order chi connectivity index (χ0) is 20.4. The Labute approximate surface area is 166 Å². The molecule has 1 saturated heterocycles. The van der Waals surface area contributed by atoms with Gasteiger partial charge in [-0.25, -0.2) is 18.7 Å². The SMILES string of the molecule is C[C@H]1CN(C(=O)c2ccc3cc(Oc4ccc(C(F)F)cn4)ccc3n2)CCN1. The number of benzene rings is 1. The van der Waals surface area contributed by atoms with Crippen LogP contribution >= 0.6 is 0 Å². The summed E-state index contributed by atoms with van der Waals surface area (Å²) in [5, 5.41) is 4.11. The van der Waals surface area contributed by atoms with E-state index < -0.39 is 6.43 Å². The lowest BCUT2D eigenvalue weighted by atomic mass is 10.1. The minimum Gasteiger partial charge on any atom is -0.439 e. The van der Waals surface area contributed by atoms with Crippen LogP contribution in [0, 0.1) is 0 Å². The number of nitrogens with one attached hydrogen (secondary N) is 1. The van der Waals surface area contributed by atoms with E-state index in [9.17, 15) is 13.6 Å². The van der Waals surface area contributed by atoms with Crippen molar-refractivity contribution < 1.29 is 18.3 Å². The van der Waals surface area contributed by atoms with Gasteiger partial charge in [0.2, 0.25) is 5.88 Å². The largest absolute Gasteiger partial charge is 0.439 e. The van der Waals surface area contributed by atoms with Gasteiger partial charge in [0, 0.05) is 48.9 Å². The van der Waals surface area contributed by atoms with Crippen molar-refractivity contribution in [1.82, 2.24) is 20.2 Å². The number of alkyl halides is 2. The fraction of sp³-hybridized carbons (Fsp3) is 0.286. The highest BCUT2D eigenvalue weighted by Crippen LogP contribution is 2.26. The van der Waals surface area contributed by atoms with Crippen LogP contribution < -0.4 is 10.1 Å². The van der Waals surface area contributed by atoms with E-state index in [0.717, 1.165) is 18.1 Å². The number of carbonyl (C=O) groups excluding carboxylic acids is 1. The molecule has 1 aliphatic heterocycles. The monoisotopic (exact) mass is 398 g/mol. The van der Waals surface area contributed by atoms with Crippen molar-refractivity contribution in [3.05, 3.63) is 59.9 Å². The van der Waals surface area contributed by atoms with Crippen LogP contribution in [-0.2, 0) is 0 Å². The van der Waals surface area contributed by atoms with E-state index >= 15 is 0 Å². The Hall–Kier alpha value is -3.13. The van der Waals surface area contributed by atoms with Crippen LogP contribution in [0.3, 0.4) is 0 Å². The van der Waals surface area contributed by atoms with Crippen LogP contribution in [0.4, 0.5) is 8.78 Å². The molecule has 3 aromatic rings. The molecule has 1 N–H and O–H groups in total. The molecule has 6 nitrogen and oxygen atoms in total. The van der Waals surface area contributed by atoms with Gasteiger partial charge in [-0.2, -0.15) is 0 Å². The summed E-state index contributed by atoms with van der Waals surface area (Å²) in [6, 6.07) is 11.7. The maximum atomic E-state index is 12.7. The predicted molar refractivity (Wildman–Crippen MR) is 104 cm³/mol. The Kier molecular flexibility index (Phi) is 5.35. The normalized spacial score (nSPS) is 17.0. The molecule has 0 radical (unpaired) electrons. The van der Waals surface area contributed by atoms with E-state index in [1.54, 1.807) is 24.3 Å². The molecule has 8 heteroatoms. The molecule has 3 heterocycles. The molecule has 0 bridgehead atoms. The summed E-state index contributed by atoms with van der Waals surface area (Å²) in [4.78, 5) is 22.9. The lowest BCUT2D eigenvalue weighted by Gasteiger charge is -2.31. The molecule has 1 aromatic carbocycles. The Balaban J connectivity index is 1.51. The van der Waals surface area contributed by atoms with Gasteiger partial charge in [-0.3, -0.25) is 4.79 Å². The fourth-order valence-corrected chi connectivity index (χ4v) is 3.27. The molecule has 1 fully saturated rings. The second-order valence-electron chi connectivity index (χ2n) is 6.99. The van der Waals surface area contributed by atoms with Crippen molar-refractivity contribution in [3.8, 4) is 11.6 Å². The minimum absolute atomic E-state index is 0.0797. The molecule has 0 spiro atoms.